The van der Waals surface area contributed by atoms with Gasteiger partial charge in [-0.05, 0) is 51.0 Å². The maximum Gasteiger partial charge on any atom is 0.299 e. The number of fused-ring (bicyclic) bond motifs is 1. The van der Waals surface area contributed by atoms with Crippen LogP contribution in [-0.2, 0) is 10.0 Å². The lowest BCUT2D eigenvalue weighted by molar-refractivity contribution is 0.0989. The first-order valence-corrected chi connectivity index (χ1v) is 9.99. The number of carbonyl (C=O) groups excluding carboxylic acids is 1. The Kier molecular flexibility index (Phi) is 4.73. The molecule has 8 nitrogen and oxygen atoms in total. The number of carbonyl (C=O) groups is 1. The molecule has 0 bridgehead atoms. The third-order valence-corrected chi connectivity index (χ3v) is 5.56. The van der Waals surface area contributed by atoms with Crippen molar-refractivity contribution in [2.45, 2.75) is 46.2 Å². The van der Waals surface area contributed by atoms with Gasteiger partial charge in [0.2, 0.25) is 0 Å². The highest BCUT2D eigenvalue weighted by atomic mass is 32.2. The molecule has 0 spiro atoms. The van der Waals surface area contributed by atoms with Crippen LogP contribution in [0.5, 0.6) is 0 Å². The highest BCUT2D eigenvalue weighted by Crippen LogP contribution is 2.27. The summed E-state index contributed by atoms with van der Waals surface area (Å²) in [6.07, 6.45) is 0.270. The predicted molar refractivity (Wildman–Crippen MR) is 102 cm³/mol. The van der Waals surface area contributed by atoms with Gasteiger partial charge in [-0.15, -0.1) is 5.10 Å². The SMILES string of the molecule is CCC(=O)c1ccc(C)c(C)c1NS(=O)(=O)c1nc2nc(C)cc(C)n2n1. The lowest BCUT2D eigenvalue weighted by atomic mass is 9.99. The zero-order valence-corrected chi connectivity index (χ0v) is 16.7. The number of nitrogens with zero attached hydrogens (tertiary/aromatic N) is 4. The van der Waals surface area contributed by atoms with Crippen molar-refractivity contribution in [3.05, 3.63) is 46.3 Å². The van der Waals surface area contributed by atoms with Crippen molar-refractivity contribution in [2.75, 3.05) is 4.72 Å². The minimum absolute atomic E-state index is 0.146. The smallest absolute Gasteiger partial charge is 0.294 e. The van der Waals surface area contributed by atoms with Crippen LogP contribution in [-0.4, -0.2) is 33.8 Å². The van der Waals surface area contributed by atoms with Crippen LogP contribution in [0.4, 0.5) is 5.69 Å². The molecule has 1 aromatic carbocycles. The van der Waals surface area contributed by atoms with E-state index in [1.54, 1.807) is 45.9 Å². The number of rotatable bonds is 5. The van der Waals surface area contributed by atoms with Crippen molar-refractivity contribution in [1.82, 2.24) is 19.6 Å². The summed E-state index contributed by atoms with van der Waals surface area (Å²) in [7, 11) is -4.09. The summed E-state index contributed by atoms with van der Waals surface area (Å²) < 4.78 is 29.7. The van der Waals surface area contributed by atoms with Crippen LogP contribution >= 0.6 is 0 Å². The maximum atomic E-state index is 12.9. The number of hydrogen-bond acceptors (Lipinski definition) is 6. The zero-order chi connectivity index (χ0) is 19.9. The number of hydrogen-bond donors (Lipinski definition) is 1. The number of ketones is 1. The van der Waals surface area contributed by atoms with Crippen molar-refractivity contribution in [3.8, 4) is 0 Å². The highest BCUT2D eigenvalue weighted by Gasteiger charge is 2.25. The van der Waals surface area contributed by atoms with E-state index < -0.39 is 10.0 Å². The van der Waals surface area contributed by atoms with E-state index in [4.69, 9.17) is 0 Å². The van der Waals surface area contributed by atoms with Gasteiger partial charge in [-0.2, -0.15) is 13.4 Å². The number of nitrogens with one attached hydrogen (secondary N) is 1. The average molecular weight is 387 g/mol. The molecule has 0 aliphatic heterocycles. The van der Waals surface area contributed by atoms with Crippen molar-refractivity contribution in [1.29, 1.82) is 0 Å². The molecule has 0 amide bonds. The fourth-order valence-electron chi connectivity index (χ4n) is 2.81. The topological polar surface area (TPSA) is 106 Å². The lowest BCUT2D eigenvalue weighted by Crippen LogP contribution is -2.18. The maximum absolute atomic E-state index is 12.9. The van der Waals surface area contributed by atoms with Gasteiger partial charge >= 0.3 is 0 Å². The molecule has 0 saturated carbocycles. The molecular formula is C18H21N5O3S. The Morgan fingerprint density at radius 1 is 1.15 bits per heavy atom. The Balaban J connectivity index is 2.12. The first-order valence-electron chi connectivity index (χ1n) is 8.51. The Labute approximate surface area is 157 Å². The van der Waals surface area contributed by atoms with Crippen molar-refractivity contribution < 1.29 is 13.2 Å². The molecule has 9 heteroatoms. The number of anilines is 1. The van der Waals surface area contributed by atoms with E-state index in [1.165, 1.54) is 4.52 Å². The number of Topliss-reactive ketones (excluding diaryl/α,β-unsaturated/α-hetero) is 1. The normalized spacial score (nSPS) is 11.7. The Morgan fingerprint density at radius 2 is 1.85 bits per heavy atom. The molecule has 3 rings (SSSR count). The molecule has 0 saturated heterocycles. The van der Waals surface area contributed by atoms with Gasteiger partial charge in [0.15, 0.2) is 5.78 Å². The zero-order valence-electron chi connectivity index (χ0n) is 15.9. The molecule has 1 N–H and O–H groups in total. The van der Waals surface area contributed by atoms with Gasteiger partial charge in [0, 0.05) is 23.4 Å². The lowest BCUT2D eigenvalue weighted by Gasteiger charge is -2.14. The van der Waals surface area contributed by atoms with Gasteiger partial charge in [0.25, 0.3) is 21.0 Å². The summed E-state index contributed by atoms with van der Waals surface area (Å²) in [6.45, 7) is 8.95. The molecular weight excluding hydrogens is 366 g/mol. The molecule has 2 heterocycles. The second-order valence-electron chi connectivity index (χ2n) is 6.46. The number of sulfonamides is 1. The first-order chi connectivity index (χ1) is 12.6. The quantitative estimate of drug-likeness (QED) is 0.675. The minimum atomic E-state index is -4.09. The van der Waals surface area contributed by atoms with E-state index in [2.05, 4.69) is 19.8 Å². The average Bonchev–Trinajstić information content (AvgIpc) is 3.04. The number of aryl methyl sites for hydroxylation is 3. The Morgan fingerprint density at radius 3 is 2.52 bits per heavy atom. The molecule has 0 atom stereocenters. The van der Waals surface area contributed by atoms with Crippen LogP contribution in [0.1, 0.15) is 46.2 Å². The third kappa shape index (κ3) is 3.42. The van der Waals surface area contributed by atoms with E-state index in [9.17, 15) is 13.2 Å². The molecule has 3 aromatic rings. The second kappa shape index (κ2) is 6.73. The van der Waals surface area contributed by atoms with Crippen molar-refractivity contribution in [2.24, 2.45) is 0 Å². The van der Waals surface area contributed by atoms with Gasteiger partial charge in [-0.1, -0.05) is 13.0 Å². The van der Waals surface area contributed by atoms with Gasteiger partial charge in [-0.3, -0.25) is 9.52 Å². The summed E-state index contributed by atoms with van der Waals surface area (Å²) >= 11 is 0. The van der Waals surface area contributed by atoms with Gasteiger partial charge in [0.05, 0.1) is 5.69 Å². The summed E-state index contributed by atoms with van der Waals surface area (Å²) in [5.41, 5.74) is 3.59. The minimum Gasteiger partial charge on any atom is -0.294 e. The molecule has 0 aliphatic carbocycles. The summed E-state index contributed by atoms with van der Waals surface area (Å²) in [5.74, 6) is 0.0607. The Bertz CT molecular complexity index is 1170. The van der Waals surface area contributed by atoms with Crippen LogP contribution in [0.25, 0.3) is 5.78 Å². The standard InChI is InChI=1S/C18H21N5O3S/c1-6-15(24)14-8-7-10(2)13(5)16(14)22-27(25,26)18-20-17-19-11(3)9-12(4)23(17)21-18/h7-9,22H,6H2,1-5H3. The summed E-state index contributed by atoms with van der Waals surface area (Å²) in [4.78, 5) is 20.5. The van der Waals surface area contributed by atoms with Gasteiger partial charge in [-0.25, -0.2) is 9.50 Å². The van der Waals surface area contributed by atoms with E-state index >= 15 is 0 Å². The molecule has 0 aliphatic rings. The molecule has 0 unspecified atom stereocenters. The van der Waals surface area contributed by atoms with Crippen LogP contribution < -0.4 is 4.72 Å². The predicted octanol–water partition coefficient (Wildman–Crippen LogP) is 2.75. The molecule has 2 aromatic heterocycles. The van der Waals surface area contributed by atoms with Crippen molar-refractivity contribution in [3.63, 3.8) is 0 Å². The molecule has 0 radical (unpaired) electrons. The number of aromatic nitrogens is 4. The summed E-state index contributed by atoms with van der Waals surface area (Å²) in [6, 6.07) is 5.22. The third-order valence-electron chi connectivity index (χ3n) is 4.43. The Hall–Kier alpha value is -2.81. The highest BCUT2D eigenvalue weighted by molar-refractivity contribution is 7.92. The first kappa shape index (κ1) is 19.0. The fourth-order valence-corrected chi connectivity index (χ4v) is 3.83. The van der Waals surface area contributed by atoms with E-state index in [1.807, 2.05) is 6.92 Å². The molecule has 27 heavy (non-hydrogen) atoms. The van der Waals surface area contributed by atoms with Crippen molar-refractivity contribution >= 4 is 27.3 Å². The van der Waals surface area contributed by atoms with Crippen LogP contribution in [0, 0.1) is 27.7 Å². The largest absolute Gasteiger partial charge is 0.299 e. The van der Waals surface area contributed by atoms with Crippen LogP contribution in [0.15, 0.2) is 23.4 Å². The molecule has 0 fully saturated rings. The fraction of sp³-hybridized carbons (Fsp3) is 0.333. The van der Waals surface area contributed by atoms with Gasteiger partial charge in [0.1, 0.15) is 0 Å². The number of benzene rings is 1. The van der Waals surface area contributed by atoms with E-state index in [0.29, 0.717) is 11.1 Å². The van der Waals surface area contributed by atoms with E-state index in [-0.39, 0.29) is 28.8 Å². The van der Waals surface area contributed by atoms with E-state index in [0.717, 1.165) is 17.0 Å². The van der Waals surface area contributed by atoms with Crippen LogP contribution in [0.3, 0.4) is 0 Å². The molecule has 142 valence electrons. The monoisotopic (exact) mass is 387 g/mol. The van der Waals surface area contributed by atoms with Crippen LogP contribution in [0.2, 0.25) is 0 Å². The summed E-state index contributed by atoms with van der Waals surface area (Å²) in [5, 5.41) is 3.69. The van der Waals surface area contributed by atoms with Gasteiger partial charge < -0.3 is 0 Å². The second-order valence-corrected chi connectivity index (χ2v) is 8.03.